The van der Waals surface area contributed by atoms with Crippen LogP contribution < -0.4 is 4.74 Å². The number of aliphatic hydroxyl groups excluding tert-OH is 1. The maximum absolute atomic E-state index is 9.97. The molecular weight excluding hydrogens is 246 g/mol. The largest absolute Gasteiger partial charge is 0.491 e. The minimum Gasteiger partial charge on any atom is -0.491 e. The maximum atomic E-state index is 9.97. The number of para-hydroxylation sites is 1. The molecular formula is C14H21NO2S. The molecule has 1 aliphatic rings. The first-order chi connectivity index (χ1) is 8.75. The number of hydrogen-bond donors (Lipinski definition) is 1. The van der Waals surface area contributed by atoms with Gasteiger partial charge in [-0.05, 0) is 31.4 Å². The van der Waals surface area contributed by atoms with E-state index in [1.54, 1.807) is 0 Å². The fourth-order valence-corrected chi connectivity index (χ4v) is 3.41. The molecule has 1 aliphatic heterocycles. The van der Waals surface area contributed by atoms with E-state index in [4.69, 9.17) is 4.74 Å². The highest BCUT2D eigenvalue weighted by Gasteiger charge is 2.21. The molecule has 1 saturated heterocycles. The summed E-state index contributed by atoms with van der Waals surface area (Å²) in [7, 11) is 2.09. The lowest BCUT2D eigenvalue weighted by molar-refractivity contribution is 0.0664. The van der Waals surface area contributed by atoms with Crippen LogP contribution >= 0.6 is 11.8 Å². The predicted molar refractivity (Wildman–Crippen MR) is 76.3 cm³/mol. The van der Waals surface area contributed by atoms with Crippen molar-refractivity contribution in [2.45, 2.75) is 18.6 Å². The van der Waals surface area contributed by atoms with E-state index in [1.807, 2.05) is 42.1 Å². The molecule has 0 spiro atoms. The summed E-state index contributed by atoms with van der Waals surface area (Å²) in [6.07, 6.45) is 0.800. The number of rotatable bonds is 6. The SMILES string of the molecule is CN(CC(O)COc1ccccc1)C1CCSC1. The lowest BCUT2D eigenvalue weighted by atomic mass is 10.2. The Labute approximate surface area is 113 Å². The van der Waals surface area contributed by atoms with Crippen molar-refractivity contribution in [3.63, 3.8) is 0 Å². The zero-order chi connectivity index (χ0) is 12.8. The van der Waals surface area contributed by atoms with E-state index >= 15 is 0 Å². The van der Waals surface area contributed by atoms with Crippen LogP contribution in [0.15, 0.2) is 30.3 Å². The van der Waals surface area contributed by atoms with Gasteiger partial charge < -0.3 is 9.84 Å². The molecule has 1 heterocycles. The van der Waals surface area contributed by atoms with Crippen molar-refractivity contribution in [2.24, 2.45) is 0 Å². The van der Waals surface area contributed by atoms with Gasteiger partial charge in [-0.15, -0.1) is 0 Å². The zero-order valence-electron chi connectivity index (χ0n) is 10.8. The summed E-state index contributed by atoms with van der Waals surface area (Å²) in [6, 6.07) is 10.2. The molecule has 0 bridgehead atoms. The van der Waals surface area contributed by atoms with Crippen LogP contribution in [0.5, 0.6) is 5.75 Å². The predicted octanol–water partition coefficient (Wildman–Crippen LogP) is 1.86. The molecule has 0 aromatic heterocycles. The van der Waals surface area contributed by atoms with E-state index in [0.29, 0.717) is 19.2 Å². The van der Waals surface area contributed by atoms with Crippen LogP contribution in [0.1, 0.15) is 6.42 Å². The molecule has 1 N–H and O–H groups in total. The molecule has 2 rings (SSSR count). The highest BCUT2D eigenvalue weighted by molar-refractivity contribution is 7.99. The summed E-state index contributed by atoms with van der Waals surface area (Å²) in [5.41, 5.74) is 0. The molecule has 1 aromatic carbocycles. The average molecular weight is 267 g/mol. The third kappa shape index (κ3) is 4.19. The monoisotopic (exact) mass is 267 g/mol. The van der Waals surface area contributed by atoms with Crippen molar-refractivity contribution in [2.75, 3.05) is 31.7 Å². The normalized spacial score (nSPS) is 21.2. The van der Waals surface area contributed by atoms with Gasteiger partial charge in [-0.1, -0.05) is 18.2 Å². The second-order valence-corrected chi connectivity index (χ2v) is 5.88. The molecule has 4 heteroatoms. The minimum absolute atomic E-state index is 0.355. The Kier molecular flexibility index (Phi) is 5.35. The second-order valence-electron chi connectivity index (χ2n) is 4.73. The van der Waals surface area contributed by atoms with Gasteiger partial charge in [0.1, 0.15) is 18.5 Å². The first-order valence-electron chi connectivity index (χ1n) is 6.39. The van der Waals surface area contributed by atoms with Gasteiger partial charge in [-0.25, -0.2) is 0 Å². The van der Waals surface area contributed by atoms with Crippen molar-refractivity contribution in [3.05, 3.63) is 30.3 Å². The first-order valence-corrected chi connectivity index (χ1v) is 7.55. The van der Waals surface area contributed by atoms with Crippen molar-refractivity contribution in [1.82, 2.24) is 4.90 Å². The topological polar surface area (TPSA) is 32.7 Å². The Morgan fingerprint density at radius 2 is 2.22 bits per heavy atom. The standard InChI is InChI=1S/C14H21NO2S/c1-15(12-7-8-18-11-12)9-13(16)10-17-14-5-3-2-4-6-14/h2-6,12-13,16H,7-11H2,1H3. The van der Waals surface area contributed by atoms with E-state index in [2.05, 4.69) is 11.9 Å². The van der Waals surface area contributed by atoms with Gasteiger partial charge in [0.05, 0.1) is 0 Å². The molecule has 0 aliphatic carbocycles. The van der Waals surface area contributed by atoms with Gasteiger partial charge in [-0.3, -0.25) is 4.90 Å². The maximum Gasteiger partial charge on any atom is 0.119 e. The molecule has 3 nitrogen and oxygen atoms in total. The summed E-state index contributed by atoms with van der Waals surface area (Å²) in [5, 5.41) is 9.97. The van der Waals surface area contributed by atoms with Gasteiger partial charge >= 0.3 is 0 Å². The van der Waals surface area contributed by atoms with Crippen molar-refractivity contribution >= 4 is 11.8 Å². The summed E-state index contributed by atoms with van der Waals surface area (Å²) in [4.78, 5) is 2.25. The smallest absolute Gasteiger partial charge is 0.119 e. The molecule has 2 atom stereocenters. The van der Waals surface area contributed by atoms with Crippen LogP contribution in [0, 0.1) is 0 Å². The molecule has 0 amide bonds. The van der Waals surface area contributed by atoms with Crippen LogP contribution in [0.4, 0.5) is 0 Å². The van der Waals surface area contributed by atoms with Gasteiger partial charge in [0, 0.05) is 18.3 Å². The lowest BCUT2D eigenvalue weighted by Crippen LogP contribution is -2.39. The van der Waals surface area contributed by atoms with Crippen LogP contribution in [-0.4, -0.2) is 53.9 Å². The Bertz CT molecular complexity index is 341. The van der Waals surface area contributed by atoms with Gasteiger partial charge in [0.15, 0.2) is 0 Å². The van der Waals surface area contributed by atoms with Gasteiger partial charge in [0.2, 0.25) is 0 Å². The fraction of sp³-hybridized carbons (Fsp3) is 0.571. The number of ether oxygens (including phenoxy) is 1. The number of benzene rings is 1. The van der Waals surface area contributed by atoms with Gasteiger partial charge in [0.25, 0.3) is 0 Å². The average Bonchev–Trinajstić information content (AvgIpc) is 2.91. The van der Waals surface area contributed by atoms with E-state index in [-0.39, 0.29) is 0 Å². The summed E-state index contributed by atoms with van der Waals surface area (Å²) in [5.74, 6) is 3.24. The molecule has 0 saturated carbocycles. The number of hydrogen-bond acceptors (Lipinski definition) is 4. The molecule has 100 valence electrons. The third-order valence-electron chi connectivity index (χ3n) is 3.21. The molecule has 0 radical (unpaired) electrons. The van der Waals surface area contributed by atoms with Crippen LogP contribution in [-0.2, 0) is 0 Å². The summed E-state index contributed by atoms with van der Waals surface area (Å²) in [6.45, 7) is 1.03. The van der Waals surface area contributed by atoms with E-state index in [0.717, 1.165) is 5.75 Å². The second kappa shape index (κ2) is 7.02. The van der Waals surface area contributed by atoms with E-state index < -0.39 is 6.10 Å². The fourth-order valence-electron chi connectivity index (χ4n) is 2.11. The molecule has 18 heavy (non-hydrogen) atoms. The Balaban J connectivity index is 1.70. The minimum atomic E-state index is -0.430. The third-order valence-corrected chi connectivity index (χ3v) is 4.36. The highest BCUT2D eigenvalue weighted by atomic mass is 32.2. The highest BCUT2D eigenvalue weighted by Crippen LogP contribution is 2.21. The number of aliphatic hydroxyl groups is 1. The van der Waals surface area contributed by atoms with E-state index in [9.17, 15) is 5.11 Å². The zero-order valence-corrected chi connectivity index (χ0v) is 11.6. The molecule has 2 unspecified atom stereocenters. The van der Waals surface area contributed by atoms with Crippen LogP contribution in [0.3, 0.4) is 0 Å². The van der Waals surface area contributed by atoms with Crippen molar-refractivity contribution < 1.29 is 9.84 Å². The number of nitrogens with zero attached hydrogens (tertiary/aromatic N) is 1. The van der Waals surface area contributed by atoms with Crippen molar-refractivity contribution in [1.29, 1.82) is 0 Å². The Morgan fingerprint density at radius 1 is 1.44 bits per heavy atom. The summed E-state index contributed by atoms with van der Waals surface area (Å²) < 4.78 is 5.55. The quantitative estimate of drug-likeness (QED) is 0.853. The van der Waals surface area contributed by atoms with Crippen LogP contribution in [0.2, 0.25) is 0 Å². The Morgan fingerprint density at radius 3 is 2.89 bits per heavy atom. The van der Waals surface area contributed by atoms with Gasteiger partial charge in [-0.2, -0.15) is 11.8 Å². The number of likely N-dealkylation sites (N-methyl/N-ethyl adjacent to an activating group) is 1. The number of thioether (sulfide) groups is 1. The first kappa shape index (κ1) is 13.7. The van der Waals surface area contributed by atoms with E-state index in [1.165, 1.54) is 17.9 Å². The Hall–Kier alpha value is -0.710. The van der Waals surface area contributed by atoms with Crippen LogP contribution in [0.25, 0.3) is 0 Å². The molecule has 1 aromatic rings. The van der Waals surface area contributed by atoms with Crippen molar-refractivity contribution in [3.8, 4) is 5.75 Å². The summed E-state index contributed by atoms with van der Waals surface area (Å²) >= 11 is 1.99. The lowest BCUT2D eigenvalue weighted by Gasteiger charge is -2.26. The molecule has 1 fully saturated rings.